The van der Waals surface area contributed by atoms with E-state index in [9.17, 15) is 9.59 Å². The maximum absolute atomic E-state index is 13.3. The van der Waals surface area contributed by atoms with Gasteiger partial charge in [0.05, 0.1) is 12.2 Å². The summed E-state index contributed by atoms with van der Waals surface area (Å²) in [4.78, 5) is 27.2. The van der Waals surface area contributed by atoms with Crippen molar-refractivity contribution in [2.75, 3.05) is 11.4 Å². The monoisotopic (exact) mass is 426 g/mol. The number of para-hydroxylation sites is 2. The molecule has 4 rings (SSSR count). The van der Waals surface area contributed by atoms with Gasteiger partial charge in [-0.05, 0) is 54.8 Å². The molecule has 3 aromatic carbocycles. The number of hydrogen-bond acceptors (Lipinski definition) is 3. The Hall–Kier alpha value is -3.86. The molecule has 0 aliphatic carbocycles. The third-order valence-electron chi connectivity index (χ3n) is 5.26. The molecule has 1 N–H and O–H groups in total. The summed E-state index contributed by atoms with van der Waals surface area (Å²) in [5.41, 5.74) is 4.32. The zero-order valence-electron chi connectivity index (χ0n) is 18.3. The Kier molecular flexibility index (Phi) is 6.36. The number of anilines is 1. The molecule has 1 aliphatic heterocycles. The summed E-state index contributed by atoms with van der Waals surface area (Å²) in [6, 6.07) is 22.8. The average Bonchev–Trinajstić information content (AvgIpc) is 2.80. The molecule has 0 fully saturated rings. The molecule has 0 saturated carbocycles. The highest BCUT2D eigenvalue weighted by Crippen LogP contribution is 2.36. The summed E-state index contributed by atoms with van der Waals surface area (Å²) >= 11 is 0. The molecule has 5 nitrogen and oxygen atoms in total. The van der Waals surface area contributed by atoms with Crippen molar-refractivity contribution < 1.29 is 14.3 Å². The quantitative estimate of drug-likeness (QED) is 0.558. The molecular weight excluding hydrogens is 400 g/mol. The summed E-state index contributed by atoms with van der Waals surface area (Å²) in [5.74, 6) is 0.588. The first-order valence-electron chi connectivity index (χ1n) is 10.8. The van der Waals surface area contributed by atoms with E-state index in [1.165, 1.54) is 0 Å². The van der Waals surface area contributed by atoms with Gasteiger partial charge in [-0.15, -0.1) is 0 Å². The van der Waals surface area contributed by atoms with Crippen LogP contribution < -0.4 is 15.0 Å². The second-order valence-corrected chi connectivity index (χ2v) is 7.84. The standard InChI is InChI=1S/C27H26N2O3/c1-3-15-28-26(30)22-13-11-20(12-14-22)17-25-27(31)29(18-21-8-6-7-19(2)16-21)23-9-4-5-10-24(23)32-25/h4-14,16-17H,3,15,18H2,1-2H3,(H,28,30). The number of nitrogens with one attached hydrogen (secondary N) is 1. The zero-order valence-corrected chi connectivity index (χ0v) is 18.3. The topological polar surface area (TPSA) is 58.6 Å². The van der Waals surface area contributed by atoms with Crippen molar-refractivity contribution in [1.29, 1.82) is 0 Å². The van der Waals surface area contributed by atoms with E-state index in [2.05, 4.69) is 11.4 Å². The van der Waals surface area contributed by atoms with Gasteiger partial charge in [0.15, 0.2) is 11.5 Å². The molecule has 1 heterocycles. The van der Waals surface area contributed by atoms with Gasteiger partial charge in [-0.1, -0.05) is 61.0 Å². The fourth-order valence-corrected chi connectivity index (χ4v) is 3.63. The Morgan fingerprint density at radius 1 is 1.03 bits per heavy atom. The molecule has 0 radical (unpaired) electrons. The molecule has 2 amide bonds. The number of ether oxygens (including phenoxy) is 1. The van der Waals surface area contributed by atoms with Crippen molar-refractivity contribution in [3.63, 3.8) is 0 Å². The lowest BCUT2D eigenvalue weighted by molar-refractivity contribution is -0.117. The van der Waals surface area contributed by atoms with Gasteiger partial charge in [-0.3, -0.25) is 14.5 Å². The van der Waals surface area contributed by atoms with Crippen LogP contribution in [0, 0.1) is 6.92 Å². The van der Waals surface area contributed by atoms with Crippen LogP contribution in [-0.4, -0.2) is 18.4 Å². The fourth-order valence-electron chi connectivity index (χ4n) is 3.63. The lowest BCUT2D eigenvalue weighted by Crippen LogP contribution is -2.36. The summed E-state index contributed by atoms with van der Waals surface area (Å²) in [5, 5.41) is 2.86. The zero-order chi connectivity index (χ0) is 22.5. The van der Waals surface area contributed by atoms with Crippen LogP contribution in [-0.2, 0) is 11.3 Å². The number of fused-ring (bicyclic) bond motifs is 1. The van der Waals surface area contributed by atoms with Crippen LogP contribution in [0.5, 0.6) is 5.75 Å². The van der Waals surface area contributed by atoms with E-state index in [0.29, 0.717) is 24.4 Å². The smallest absolute Gasteiger partial charge is 0.294 e. The number of nitrogens with zero attached hydrogens (tertiary/aromatic N) is 1. The van der Waals surface area contributed by atoms with Crippen molar-refractivity contribution in [3.8, 4) is 5.75 Å². The molecule has 0 saturated heterocycles. The normalized spacial score (nSPS) is 14.1. The van der Waals surface area contributed by atoms with Crippen LogP contribution in [0.25, 0.3) is 6.08 Å². The number of rotatable bonds is 6. The number of hydrogen-bond donors (Lipinski definition) is 1. The lowest BCUT2D eigenvalue weighted by Gasteiger charge is -2.30. The van der Waals surface area contributed by atoms with E-state index in [4.69, 9.17) is 4.74 Å². The summed E-state index contributed by atoms with van der Waals surface area (Å²) in [6.45, 7) is 5.14. The van der Waals surface area contributed by atoms with Crippen LogP contribution in [0.4, 0.5) is 5.69 Å². The summed E-state index contributed by atoms with van der Waals surface area (Å²) in [6.07, 6.45) is 2.60. The van der Waals surface area contributed by atoms with Crippen molar-refractivity contribution in [1.82, 2.24) is 5.32 Å². The maximum Gasteiger partial charge on any atom is 0.294 e. The first-order valence-corrected chi connectivity index (χ1v) is 10.8. The Balaban J connectivity index is 1.61. The summed E-state index contributed by atoms with van der Waals surface area (Å²) in [7, 11) is 0. The van der Waals surface area contributed by atoms with E-state index < -0.39 is 0 Å². The number of benzene rings is 3. The molecule has 5 heteroatoms. The van der Waals surface area contributed by atoms with Gasteiger partial charge in [0.25, 0.3) is 11.8 Å². The Morgan fingerprint density at radius 2 is 1.81 bits per heavy atom. The molecule has 162 valence electrons. The predicted molar refractivity (Wildman–Crippen MR) is 126 cm³/mol. The third-order valence-corrected chi connectivity index (χ3v) is 5.26. The van der Waals surface area contributed by atoms with Gasteiger partial charge >= 0.3 is 0 Å². The van der Waals surface area contributed by atoms with E-state index in [1.807, 2.05) is 68.4 Å². The second-order valence-electron chi connectivity index (χ2n) is 7.84. The molecule has 0 aromatic heterocycles. The number of carbonyl (C=O) groups is 2. The molecule has 1 aliphatic rings. The largest absolute Gasteiger partial charge is 0.449 e. The van der Waals surface area contributed by atoms with Gasteiger partial charge < -0.3 is 10.1 Å². The maximum atomic E-state index is 13.3. The van der Waals surface area contributed by atoms with Crippen molar-refractivity contribution >= 4 is 23.6 Å². The van der Waals surface area contributed by atoms with E-state index in [0.717, 1.165) is 28.8 Å². The first-order chi connectivity index (χ1) is 15.5. The number of aryl methyl sites for hydroxylation is 1. The molecule has 0 unspecified atom stereocenters. The molecule has 0 spiro atoms. The van der Waals surface area contributed by atoms with E-state index in [-0.39, 0.29) is 17.6 Å². The average molecular weight is 427 g/mol. The molecular formula is C27H26N2O3. The minimum Gasteiger partial charge on any atom is -0.449 e. The van der Waals surface area contributed by atoms with E-state index in [1.54, 1.807) is 23.1 Å². The molecule has 0 atom stereocenters. The van der Waals surface area contributed by atoms with Gasteiger partial charge in [-0.25, -0.2) is 0 Å². The Bertz CT molecular complexity index is 1170. The van der Waals surface area contributed by atoms with Gasteiger partial charge in [-0.2, -0.15) is 0 Å². The van der Waals surface area contributed by atoms with Crippen LogP contribution in [0.2, 0.25) is 0 Å². The molecule has 0 bridgehead atoms. The van der Waals surface area contributed by atoms with Crippen molar-refractivity contribution in [2.24, 2.45) is 0 Å². The van der Waals surface area contributed by atoms with Gasteiger partial charge in [0, 0.05) is 12.1 Å². The highest BCUT2D eigenvalue weighted by molar-refractivity contribution is 6.09. The number of amides is 2. The van der Waals surface area contributed by atoms with Crippen molar-refractivity contribution in [3.05, 3.63) is 101 Å². The second kappa shape index (κ2) is 9.52. The third kappa shape index (κ3) is 4.72. The van der Waals surface area contributed by atoms with E-state index >= 15 is 0 Å². The van der Waals surface area contributed by atoms with Crippen molar-refractivity contribution in [2.45, 2.75) is 26.8 Å². The lowest BCUT2D eigenvalue weighted by atomic mass is 10.1. The molecule has 32 heavy (non-hydrogen) atoms. The minimum atomic E-state index is -0.199. The first kappa shape index (κ1) is 21.4. The van der Waals surface area contributed by atoms with Crippen LogP contribution >= 0.6 is 0 Å². The highest BCUT2D eigenvalue weighted by atomic mass is 16.5. The summed E-state index contributed by atoms with van der Waals surface area (Å²) < 4.78 is 5.96. The van der Waals surface area contributed by atoms with Crippen LogP contribution in [0.3, 0.4) is 0 Å². The minimum absolute atomic E-state index is 0.102. The fraction of sp³-hybridized carbons (Fsp3) is 0.185. The van der Waals surface area contributed by atoms with Crippen LogP contribution in [0.1, 0.15) is 40.4 Å². The van der Waals surface area contributed by atoms with Crippen LogP contribution in [0.15, 0.2) is 78.6 Å². The predicted octanol–water partition coefficient (Wildman–Crippen LogP) is 5.10. The van der Waals surface area contributed by atoms with Gasteiger partial charge in [0.1, 0.15) is 0 Å². The highest BCUT2D eigenvalue weighted by Gasteiger charge is 2.30. The SMILES string of the molecule is CCCNC(=O)c1ccc(C=C2Oc3ccccc3N(Cc3cccc(C)c3)C2=O)cc1. The Labute approximate surface area is 188 Å². The molecule has 3 aromatic rings. The Morgan fingerprint density at radius 3 is 2.56 bits per heavy atom. The number of carbonyl (C=O) groups excluding carboxylic acids is 2. The van der Waals surface area contributed by atoms with Gasteiger partial charge in [0.2, 0.25) is 0 Å².